The van der Waals surface area contributed by atoms with Gasteiger partial charge in [-0.25, -0.2) is 5.84 Å². The second kappa shape index (κ2) is 6.21. The smallest absolute Gasteiger partial charge is 0.235 e. The molecule has 16 heavy (non-hydrogen) atoms. The molecule has 1 saturated carbocycles. The van der Waals surface area contributed by atoms with Crippen LogP contribution in [0.2, 0.25) is 0 Å². The van der Waals surface area contributed by atoms with E-state index in [1.807, 2.05) is 0 Å². The number of hydrogen-bond acceptors (Lipinski definition) is 3. The number of rotatable bonds is 4. The van der Waals surface area contributed by atoms with Gasteiger partial charge in [0.25, 0.3) is 0 Å². The Morgan fingerprint density at radius 1 is 1.44 bits per heavy atom. The molecule has 0 saturated heterocycles. The average molecular weight is 227 g/mol. The van der Waals surface area contributed by atoms with Gasteiger partial charge in [0.15, 0.2) is 0 Å². The summed E-state index contributed by atoms with van der Waals surface area (Å²) in [5, 5.41) is 0. The fraction of sp³-hybridized carbons (Fsp3) is 0.917. The molecule has 1 amide bonds. The van der Waals surface area contributed by atoms with Crippen LogP contribution in [-0.4, -0.2) is 29.9 Å². The highest BCUT2D eigenvalue weighted by atomic mass is 16.2. The lowest BCUT2D eigenvalue weighted by Crippen LogP contribution is -2.43. The minimum Gasteiger partial charge on any atom is -0.300 e. The van der Waals surface area contributed by atoms with Gasteiger partial charge in [0.05, 0.1) is 0 Å². The molecule has 4 nitrogen and oxygen atoms in total. The Balaban J connectivity index is 2.38. The van der Waals surface area contributed by atoms with E-state index in [2.05, 4.69) is 31.2 Å². The molecule has 1 aliphatic carbocycles. The van der Waals surface area contributed by atoms with Gasteiger partial charge in [-0.3, -0.25) is 10.2 Å². The van der Waals surface area contributed by atoms with Crippen molar-refractivity contribution in [1.82, 2.24) is 10.3 Å². The van der Waals surface area contributed by atoms with Crippen LogP contribution in [0.4, 0.5) is 0 Å². The molecule has 1 atom stereocenters. The van der Waals surface area contributed by atoms with Gasteiger partial charge >= 0.3 is 0 Å². The number of amides is 1. The van der Waals surface area contributed by atoms with Gasteiger partial charge < -0.3 is 4.90 Å². The third-order valence-electron chi connectivity index (χ3n) is 3.90. The molecular formula is C12H25N3O. The van der Waals surface area contributed by atoms with E-state index in [-0.39, 0.29) is 11.9 Å². The van der Waals surface area contributed by atoms with E-state index in [4.69, 9.17) is 5.84 Å². The zero-order valence-electron chi connectivity index (χ0n) is 10.7. The van der Waals surface area contributed by atoms with Crippen molar-refractivity contribution < 1.29 is 4.79 Å². The zero-order chi connectivity index (χ0) is 12.1. The van der Waals surface area contributed by atoms with Gasteiger partial charge in [-0.1, -0.05) is 6.92 Å². The molecule has 0 aromatic heterocycles. The predicted molar refractivity (Wildman–Crippen MR) is 65.6 cm³/mol. The third kappa shape index (κ3) is 3.76. The van der Waals surface area contributed by atoms with Gasteiger partial charge in [-0.15, -0.1) is 0 Å². The molecule has 0 heterocycles. The van der Waals surface area contributed by atoms with Crippen molar-refractivity contribution in [3.05, 3.63) is 0 Å². The fourth-order valence-electron chi connectivity index (χ4n) is 2.48. The van der Waals surface area contributed by atoms with E-state index in [9.17, 15) is 4.79 Å². The van der Waals surface area contributed by atoms with Crippen molar-refractivity contribution in [3.63, 3.8) is 0 Å². The molecule has 94 valence electrons. The van der Waals surface area contributed by atoms with Crippen LogP contribution < -0.4 is 11.3 Å². The average Bonchev–Trinajstić information content (AvgIpc) is 2.28. The van der Waals surface area contributed by atoms with Crippen molar-refractivity contribution >= 4 is 5.91 Å². The molecular weight excluding hydrogens is 202 g/mol. The van der Waals surface area contributed by atoms with Crippen LogP contribution in [0.3, 0.4) is 0 Å². The highest BCUT2D eigenvalue weighted by molar-refractivity contribution is 5.75. The van der Waals surface area contributed by atoms with Crippen molar-refractivity contribution in [3.8, 4) is 0 Å². The van der Waals surface area contributed by atoms with Crippen molar-refractivity contribution in [2.75, 3.05) is 7.05 Å². The lowest BCUT2D eigenvalue weighted by Gasteiger charge is -2.37. The van der Waals surface area contributed by atoms with Crippen LogP contribution in [0.5, 0.6) is 0 Å². The number of hydrazine groups is 1. The van der Waals surface area contributed by atoms with Crippen LogP contribution >= 0.6 is 0 Å². The Morgan fingerprint density at radius 3 is 2.50 bits per heavy atom. The Bertz CT molecular complexity index is 224. The molecule has 1 unspecified atom stereocenters. The number of nitrogens with zero attached hydrogens (tertiary/aromatic N) is 1. The van der Waals surface area contributed by atoms with Gasteiger partial charge in [0.1, 0.15) is 0 Å². The number of nitrogens with two attached hydrogens (primary N) is 1. The topological polar surface area (TPSA) is 58.4 Å². The summed E-state index contributed by atoms with van der Waals surface area (Å²) in [6.45, 7) is 4.41. The summed E-state index contributed by atoms with van der Waals surface area (Å²) in [5.41, 5.74) is 2.20. The molecule has 0 aromatic rings. The first-order valence-corrected chi connectivity index (χ1v) is 6.26. The Morgan fingerprint density at radius 2 is 2.00 bits per heavy atom. The summed E-state index contributed by atoms with van der Waals surface area (Å²) in [5.74, 6) is 5.89. The van der Waals surface area contributed by atoms with Gasteiger partial charge in [0, 0.05) is 18.5 Å². The van der Waals surface area contributed by atoms with E-state index >= 15 is 0 Å². The normalized spacial score (nSPS) is 27.8. The first-order chi connectivity index (χ1) is 7.54. The largest absolute Gasteiger partial charge is 0.300 e. The van der Waals surface area contributed by atoms with Crippen LogP contribution in [0.1, 0.15) is 46.0 Å². The van der Waals surface area contributed by atoms with Gasteiger partial charge in [0.2, 0.25) is 5.91 Å². The summed E-state index contributed by atoms with van der Waals surface area (Å²) in [6, 6.07) is 0.902. The number of nitrogens with one attached hydrogen (secondary N) is 1. The molecule has 1 rings (SSSR count). The fourth-order valence-corrected chi connectivity index (χ4v) is 2.48. The molecule has 0 aliphatic heterocycles. The van der Waals surface area contributed by atoms with Crippen molar-refractivity contribution in [1.29, 1.82) is 0 Å². The Labute approximate surface area is 98.5 Å². The van der Waals surface area contributed by atoms with Crippen LogP contribution in [0.25, 0.3) is 0 Å². The molecule has 4 heteroatoms. The van der Waals surface area contributed by atoms with E-state index < -0.39 is 0 Å². The molecule has 0 aromatic carbocycles. The Hall–Kier alpha value is -0.610. The molecule has 0 radical (unpaired) electrons. The molecule has 0 bridgehead atoms. The third-order valence-corrected chi connectivity index (χ3v) is 3.90. The maximum absolute atomic E-state index is 11.2. The van der Waals surface area contributed by atoms with E-state index in [1.54, 1.807) is 0 Å². The zero-order valence-corrected chi connectivity index (χ0v) is 10.7. The molecule has 3 N–H and O–H groups in total. The quantitative estimate of drug-likeness (QED) is 0.432. The molecule has 1 fully saturated rings. The molecule has 0 spiro atoms. The maximum atomic E-state index is 11.2. The summed E-state index contributed by atoms with van der Waals surface area (Å²) in [7, 11) is 2.12. The summed E-state index contributed by atoms with van der Waals surface area (Å²) in [4.78, 5) is 13.5. The second-order valence-electron chi connectivity index (χ2n) is 5.20. The number of hydrogen-bond donors (Lipinski definition) is 2. The highest BCUT2D eigenvalue weighted by Gasteiger charge is 2.25. The summed E-state index contributed by atoms with van der Waals surface area (Å²) in [6.07, 6.45) is 5.62. The van der Waals surface area contributed by atoms with E-state index in [0.29, 0.717) is 12.5 Å². The highest BCUT2D eigenvalue weighted by Crippen LogP contribution is 2.27. The van der Waals surface area contributed by atoms with Gasteiger partial charge in [-0.2, -0.15) is 0 Å². The lowest BCUT2D eigenvalue weighted by molar-refractivity contribution is -0.122. The standard InChI is InChI=1S/C12H25N3O/c1-9-4-6-11(7-5-9)15(3)10(2)8-12(16)14-13/h9-11H,4-8,13H2,1-3H3,(H,14,16). The minimum atomic E-state index is -0.0801. The lowest BCUT2D eigenvalue weighted by atomic mass is 9.86. The van der Waals surface area contributed by atoms with Gasteiger partial charge in [-0.05, 0) is 45.6 Å². The summed E-state index contributed by atoms with van der Waals surface area (Å²) >= 11 is 0. The Kier molecular flexibility index (Phi) is 5.22. The summed E-state index contributed by atoms with van der Waals surface area (Å²) < 4.78 is 0. The van der Waals surface area contributed by atoms with Crippen LogP contribution in [0.15, 0.2) is 0 Å². The van der Waals surface area contributed by atoms with E-state index in [0.717, 1.165) is 5.92 Å². The monoisotopic (exact) mass is 227 g/mol. The van der Waals surface area contributed by atoms with E-state index in [1.165, 1.54) is 25.7 Å². The second-order valence-corrected chi connectivity index (χ2v) is 5.20. The number of carbonyl (C=O) groups excluding carboxylic acids is 1. The predicted octanol–water partition coefficient (Wildman–Crippen LogP) is 1.27. The number of carbonyl (C=O) groups is 1. The van der Waals surface area contributed by atoms with Crippen molar-refractivity contribution in [2.24, 2.45) is 11.8 Å². The first kappa shape index (κ1) is 13.5. The first-order valence-electron chi connectivity index (χ1n) is 6.26. The maximum Gasteiger partial charge on any atom is 0.235 e. The van der Waals surface area contributed by atoms with Crippen LogP contribution in [0, 0.1) is 5.92 Å². The minimum absolute atomic E-state index is 0.0801. The van der Waals surface area contributed by atoms with Crippen LogP contribution in [-0.2, 0) is 4.79 Å². The molecule has 1 aliphatic rings. The van der Waals surface area contributed by atoms with Crippen molar-refractivity contribution in [2.45, 2.75) is 58.0 Å². The SMILES string of the molecule is CC1CCC(N(C)C(C)CC(=O)NN)CC1.